The normalized spacial score (nSPS) is 25.1. The molecule has 2 aliphatic carbocycles. The first kappa shape index (κ1) is 24.5. The average molecular weight is 504 g/mol. The van der Waals surface area contributed by atoms with E-state index in [2.05, 4.69) is 11.8 Å². The van der Waals surface area contributed by atoms with Gasteiger partial charge in [-0.2, -0.15) is 0 Å². The third-order valence-corrected chi connectivity index (χ3v) is 7.72. The van der Waals surface area contributed by atoms with Crippen LogP contribution in [0.15, 0.2) is 30.3 Å². The first-order chi connectivity index (χ1) is 16.5. The van der Waals surface area contributed by atoms with Crippen LogP contribution in [0.2, 0.25) is 5.02 Å². The van der Waals surface area contributed by atoms with Crippen LogP contribution in [0.4, 0.5) is 8.78 Å². The largest absolute Gasteiger partial charge is 0.488 e. The Labute approximate surface area is 210 Å². The number of esters is 1. The molecule has 3 aliphatic rings. The number of carbonyl (C=O) groups excluding carboxylic acids is 1. The molecule has 0 N–H and O–H groups in total. The molecule has 2 bridgehead atoms. The number of rotatable bonds is 6. The Morgan fingerprint density at radius 1 is 1.14 bits per heavy atom. The fraction of sp³-hybridized carbons (Fsp3) is 0.536. The second kappa shape index (κ2) is 9.04. The predicted octanol–water partition coefficient (Wildman–Crippen LogP) is 7.05. The van der Waals surface area contributed by atoms with Crippen molar-refractivity contribution in [3.63, 3.8) is 0 Å². The smallest absolute Gasteiger partial charge is 0.341 e. The maximum Gasteiger partial charge on any atom is 0.341 e. The van der Waals surface area contributed by atoms with E-state index >= 15 is 4.39 Å². The van der Waals surface area contributed by atoms with Gasteiger partial charge in [0, 0.05) is 29.7 Å². The van der Waals surface area contributed by atoms with Crippen LogP contribution in [0.25, 0.3) is 0 Å². The third kappa shape index (κ3) is 5.05. The average Bonchev–Trinajstić information content (AvgIpc) is 3.41. The molecule has 2 saturated carbocycles. The van der Waals surface area contributed by atoms with E-state index in [1.165, 1.54) is 18.2 Å². The summed E-state index contributed by atoms with van der Waals surface area (Å²) >= 11 is 6.35. The number of halogens is 3. The van der Waals surface area contributed by atoms with Crippen LogP contribution >= 0.6 is 11.6 Å². The first-order valence-corrected chi connectivity index (χ1v) is 12.8. The SMILES string of the molecule is C[C@H](c1ccc(F)cc1Cl)N1C[C@H]2C[C@@H](Oc3cc(F)c(C(=O)OC(C)(C)C)cc3C3CC3)[C@@H]1C2. The molecule has 1 heterocycles. The minimum Gasteiger partial charge on any atom is -0.488 e. The quantitative estimate of drug-likeness (QED) is 0.396. The fourth-order valence-corrected chi connectivity index (χ4v) is 5.96. The van der Waals surface area contributed by atoms with Gasteiger partial charge in [-0.1, -0.05) is 17.7 Å². The Kier molecular flexibility index (Phi) is 6.33. The fourth-order valence-electron chi connectivity index (χ4n) is 5.64. The van der Waals surface area contributed by atoms with Gasteiger partial charge >= 0.3 is 5.97 Å². The van der Waals surface area contributed by atoms with Crippen LogP contribution in [0.3, 0.4) is 0 Å². The van der Waals surface area contributed by atoms with Crippen molar-refractivity contribution in [1.29, 1.82) is 0 Å². The lowest BCUT2D eigenvalue weighted by atomic mass is 10.0. The lowest BCUT2D eigenvalue weighted by Crippen LogP contribution is -2.45. The zero-order chi connectivity index (χ0) is 25.1. The summed E-state index contributed by atoms with van der Waals surface area (Å²) in [6, 6.07) is 7.71. The van der Waals surface area contributed by atoms with Crippen molar-refractivity contribution in [3.8, 4) is 5.75 Å². The summed E-state index contributed by atoms with van der Waals surface area (Å²) < 4.78 is 40.5. The second-order valence-electron chi connectivity index (χ2n) is 11.2. The van der Waals surface area contributed by atoms with Crippen LogP contribution < -0.4 is 4.74 Å². The van der Waals surface area contributed by atoms with E-state index in [1.54, 1.807) is 32.9 Å². The lowest BCUT2D eigenvalue weighted by Gasteiger charge is -2.38. The molecule has 1 saturated heterocycles. The number of fused-ring (bicyclic) bond motifs is 2. The van der Waals surface area contributed by atoms with Crippen molar-refractivity contribution < 1.29 is 23.0 Å². The second-order valence-corrected chi connectivity index (χ2v) is 11.7. The Hall–Kier alpha value is -2.18. The number of hydrogen-bond donors (Lipinski definition) is 0. The highest BCUT2D eigenvalue weighted by Crippen LogP contribution is 2.48. The molecule has 5 rings (SSSR count). The first-order valence-electron chi connectivity index (χ1n) is 12.4. The van der Waals surface area contributed by atoms with E-state index in [1.807, 2.05) is 0 Å². The molecule has 35 heavy (non-hydrogen) atoms. The summed E-state index contributed by atoms with van der Waals surface area (Å²) in [5.41, 5.74) is 1.04. The summed E-state index contributed by atoms with van der Waals surface area (Å²) in [5.74, 6) is -0.327. The van der Waals surface area contributed by atoms with Gasteiger partial charge in [0.1, 0.15) is 29.1 Å². The number of benzene rings is 2. The molecular formula is C28H32ClF2NO3. The van der Waals surface area contributed by atoms with Gasteiger partial charge in [0.15, 0.2) is 0 Å². The van der Waals surface area contributed by atoms with E-state index in [4.69, 9.17) is 21.1 Å². The lowest BCUT2D eigenvalue weighted by molar-refractivity contribution is 0.00643. The van der Waals surface area contributed by atoms with Gasteiger partial charge in [0.05, 0.1) is 5.56 Å². The van der Waals surface area contributed by atoms with Crippen molar-refractivity contribution in [3.05, 3.63) is 63.7 Å². The molecule has 0 aromatic heterocycles. The minimum atomic E-state index is -0.699. The molecule has 0 amide bonds. The molecule has 1 aliphatic heterocycles. The summed E-state index contributed by atoms with van der Waals surface area (Å²) in [5, 5.41) is 0.425. The molecule has 0 spiro atoms. The highest BCUT2D eigenvalue weighted by atomic mass is 35.5. The summed E-state index contributed by atoms with van der Waals surface area (Å²) in [7, 11) is 0. The van der Waals surface area contributed by atoms with Crippen molar-refractivity contribution in [1.82, 2.24) is 4.90 Å². The van der Waals surface area contributed by atoms with Gasteiger partial charge < -0.3 is 9.47 Å². The van der Waals surface area contributed by atoms with Gasteiger partial charge in [-0.15, -0.1) is 0 Å². The molecule has 2 aromatic carbocycles. The van der Waals surface area contributed by atoms with Crippen molar-refractivity contribution >= 4 is 17.6 Å². The highest BCUT2D eigenvalue weighted by molar-refractivity contribution is 6.31. The van der Waals surface area contributed by atoms with E-state index < -0.39 is 17.4 Å². The number of ether oxygens (including phenoxy) is 2. The van der Waals surface area contributed by atoms with Gasteiger partial charge in [-0.05, 0) is 94.5 Å². The van der Waals surface area contributed by atoms with E-state index in [0.29, 0.717) is 16.7 Å². The van der Waals surface area contributed by atoms with Crippen molar-refractivity contribution in [2.45, 2.75) is 83.1 Å². The van der Waals surface area contributed by atoms with Crippen LogP contribution in [-0.4, -0.2) is 35.2 Å². The predicted molar refractivity (Wildman–Crippen MR) is 131 cm³/mol. The topological polar surface area (TPSA) is 38.8 Å². The summed E-state index contributed by atoms with van der Waals surface area (Å²) in [4.78, 5) is 15.0. The van der Waals surface area contributed by atoms with Gasteiger partial charge in [0.2, 0.25) is 0 Å². The molecule has 188 valence electrons. The molecule has 7 heteroatoms. The Morgan fingerprint density at radius 2 is 1.89 bits per heavy atom. The van der Waals surface area contributed by atoms with Gasteiger partial charge in [0.25, 0.3) is 0 Å². The molecular weight excluding hydrogens is 472 g/mol. The van der Waals surface area contributed by atoms with Crippen LogP contribution in [0, 0.1) is 17.6 Å². The van der Waals surface area contributed by atoms with Gasteiger partial charge in [-0.25, -0.2) is 13.6 Å². The molecule has 4 nitrogen and oxygen atoms in total. The Balaban J connectivity index is 1.37. The van der Waals surface area contributed by atoms with E-state index in [0.717, 1.165) is 43.4 Å². The highest BCUT2D eigenvalue weighted by Gasteiger charge is 2.48. The monoisotopic (exact) mass is 503 g/mol. The standard InChI is InChI=1S/C28H32ClF2NO3/c1-15(19-8-7-18(30)11-22(19)29)32-14-16-9-24(32)26(10-16)34-25-13-23(31)21(12-20(25)17-5-6-17)27(33)35-28(2,3)4/h7-8,11-13,15-17,24,26H,5-6,9-10,14H2,1-4H3/t15-,16-,24+,26-/m1/s1. The number of hydrogen-bond acceptors (Lipinski definition) is 4. The Bertz CT molecular complexity index is 1140. The zero-order valence-electron chi connectivity index (χ0n) is 20.6. The molecule has 4 atom stereocenters. The summed E-state index contributed by atoms with van der Waals surface area (Å²) in [6.07, 6.45) is 3.83. The number of nitrogens with zero attached hydrogens (tertiary/aromatic N) is 1. The molecule has 0 unspecified atom stereocenters. The zero-order valence-corrected chi connectivity index (χ0v) is 21.4. The maximum atomic E-state index is 15.1. The summed E-state index contributed by atoms with van der Waals surface area (Å²) in [6.45, 7) is 8.32. The molecule has 3 fully saturated rings. The number of piperidine rings is 1. The van der Waals surface area contributed by atoms with Crippen LogP contribution in [0.5, 0.6) is 5.75 Å². The number of likely N-dealkylation sites (tertiary alicyclic amines) is 1. The third-order valence-electron chi connectivity index (χ3n) is 7.39. The Morgan fingerprint density at radius 3 is 2.51 bits per heavy atom. The molecule has 0 radical (unpaired) electrons. The van der Waals surface area contributed by atoms with Gasteiger partial charge in [-0.3, -0.25) is 4.90 Å². The van der Waals surface area contributed by atoms with Crippen LogP contribution in [0.1, 0.15) is 86.8 Å². The minimum absolute atomic E-state index is 0.0127. The van der Waals surface area contributed by atoms with Crippen molar-refractivity contribution in [2.75, 3.05) is 6.54 Å². The van der Waals surface area contributed by atoms with Crippen LogP contribution in [-0.2, 0) is 4.74 Å². The molecule has 2 aromatic rings. The van der Waals surface area contributed by atoms with Crippen molar-refractivity contribution in [2.24, 2.45) is 5.92 Å². The maximum absolute atomic E-state index is 15.1. The van der Waals surface area contributed by atoms with E-state index in [-0.39, 0.29) is 35.5 Å². The van der Waals surface area contributed by atoms with E-state index in [9.17, 15) is 9.18 Å². The number of carbonyl (C=O) groups is 1.